The van der Waals surface area contributed by atoms with Gasteiger partial charge >= 0.3 is 0 Å². The summed E-state index contributed by atoms with van der Waals surface area (Å²) >= 11 is 0. The first kappa shape index (κ1) is 17.9. The van der Waals surface area contributed by atoms with Crippen LogP contribution >= 0.6 is 0 Å². The van der Waals surface area contributed by atoms with Gasteiger partial charge < -0.3 is 15.4 Å². The van der Waals surface area contributed by atoms with E-state index in [-0.39, 0.29) is 5.54 Å². The van der Waals surface area contributed by atoms with Gasteiger partial charge in [-0.1, -0.05) is 13.8 Å². The van der Waals surface area contributed by atoms with Crippen molar-refractivity contribution in [2.24, 2.45) is 11.7 Å². The fraction of sp³-hybridized carbons (Fsp3) is 1.00. The van der Waals surface area contributed by atoms with Gasteiger partial charge in [0, 0.05) is 38.3 Å². The monoisotopic (exact) mass is 285 g/mol. The van der Waals surface area contributed by atoms with Gasteiger partial charge in [0.2, 0.25) is 0 Å². The first-order valence-electron chi connectivity index (χ1n) is 8.13. The van der Waals surface area contributed by atoms with Crippen molar-refractivity contribution in [1.82, 2.24) is 9.80 Å². The molecular weight excluding hydrogens is 250 g/mol. The first-order chi connectivity index (χ1) is 9.45. The number of nitrogens with zero attached hydrogens (tertiary/aromatic N) is 2. The number of methoxy groups -OCH3 is 1. The molecule has 0 atom stereocenters. The summed E-state index contributed by atoms with van der Waals surface area (Å²) in [5.74, 6) is 0.745. The Morgan fingerprint density at radius 1 is 1.20 bits per heavy atom. The summed E-state index contributed by atoms with van der Waals surface area (Å²) in [6, 6.07) is 0.519. The van der Waals surface area contributed by atoms with Gasteiger partial charge in [0.25, 0.3) is 0 Å². The SMILES string of the molecule is COCCN(C(C)C)C1(CN)CCN(CC(C)C)CC1. The van der Waals surface area contributed by atoms with E-state index in [9.17, 15) is 0 Å². The molecule has 0 radical (unpaired) electrons. The molecule has 0 amide bonds. The van der Waals surface area contributed by atoms with Gasteiger partial charge in [0.15, 0.2) is 0 Å². The number of hydrogen-bond acceptors (Lipinski definition) is 4. The summed E-state index contributed by atoms with van der Waals surface area (Å²) in [6.07, 6.45) is 2.36. The van der Waals surface area contributed by atoms with Crippen molar-refractivity contribution in [2.45, 2.75) is 52.1 Å². The third kappa shape index (κ3) is 4.69. The molecule has 0 saturated carbocycles. The van der Waals surface area contributed by atoms with E-state index in [0.717, 1.165) is 25.6 Å². The van der Waals surface area contributed by atoms with E-state index in [1.165, 1.54) is 32.5 Å². The van der Waals surface area contributed by atoms with Crippen LogP contribution in [-0.2, 0) is 4.74 Å². The van der Waals surface area contributed by atoms with Crippen LogP contribution < -0.4 is 5.73 Å². The summed E-state index contributed by atoms with van der Waals surface area (Å²) in [4.78, 5) is 5.16. The average Bonchev–Trinajstić information content (AvgIpc) is 2.40. The summed E-state index contributed by atoms with van der Waals surface area (Å²) in [6.45, 7) is 15.2. The van der Waals surface area contributed by atoms with E-state index >= 15 is 0 Å². The van der Waals surface area contributed by atoms with Crippen molar-refractivity contribution in [3.8, 4) is 0 Å². The predicted octanol–water partition coefficient (Wildman–Crippen LogP) is 1.79. The van der Waals surface area contributed by atoms with Crippen LogP contribution in [0.3, 0.4) is 0 Å². The minimum atomic E-state index is 0.167. The summed E-state index contributed by atoms with van der Waals surface area (Å²) < 4.78 is 5.28. The fourth-order valence-electron chi connectivity index (χ4n) is 3.51. The molecule has 0 spiro atoms. The van der Waals surface area contributed by atoms with Gasteiger partial charge in [-0.3, -0.25) is 4.90 Å². The van der Waals surface area contributed by atoms with Crippen LogP contribution in [0.2, 0.25) is 0 Å². The molecule has 0 aromatic rings. The standard InChI is InChI=1S/C16H35N3O/c1-14(2)12-18-8-6-16(13-17,7-9-18)19(15(3)4)10-11-20-5/h14-15H,6-13,17H2,1-5H3. The van der Waals surface area contributed by atoms with Gasteiger partial charge in [0.05, 0.1) is 6.61 Å². The molecule has 1 heterocycles. The van der Waals surface area contributed by atoms with Crippen molar-refractivity contribution in [1.29, 1.82) is 0 Å². The Balaban J connectivity index is 2.67. The van der Waals surface area contributed by atoms with Crippen molar-refractivity contribution in [3.63, 3.8) is 0 Å². The normalized spacial score (nSPS) is 20.2. The minimum absolute atomic E-state index is 0.167. The van der Waals surface area contributed by atoms with Crippen LogP contribution in [-0.4, -0.2) is 67.8 Å². The molecule has 0 aliphatic carbocycles. The predicted molar refractivity (Wildman–Crippen MR) is 86.0 cm³/mol. The third-order valence-corrected chi connectivity index (χ3v) is 4.56. The van der Waals surface area contributed by atoms with Crippen molar-refractivity contribution < 1.29 is 4.74 Å². The zero-order valence-electron chi connectivity index (χ0n) is 14.2. The molecule has 1 aliphatic heterocycles. The van der Waals surface area contributed by atoms with E-state index in [0.29, 0.717) is 6.04 Å². The quantitative estimate of drug-likeness (QED) is 0.738. The van der Waals surface area contributed by atoms with Crippen molar-refractivity contribution in [2.75, 3.05) is 46.4 Å². The maximum Gasteiger partial charge on any atom is 0.0590 e. The number of hydrogen-bond donors (Lipinski definition) is 1. The molecule has 0 aromatic carbocycles. The van der Waals surface area contributed by atoms with E-state index < -0.39 is 0 Å². The molecule has 2 N–H and O–H groups in total. The van der Waals surface area contributed by atoms with Gasteiger partial charge in [0.1, 0.15) is 0 Å². The van der Waals surface area contributed by atoms with Crippen molar-refractivity contribution in [3.05, 3.63) is 0 Å². The van der Waals surface area contributed by atoms with E-state index in [4.69, 9.17) is 10.5 Å². The lowest BCUT2D eigenvalue weighted by atomic mass is 9.84. The fourth-order valence-corrected chi connectivity index (χ4v) is 3.51. The molecule has 1 saturated heterocycles. The molecule has 20 heavy (non-hydrogen) atoms. The summed E-state index contributed by atoms with van der Waals surface area (Å²) in [5.41, 5.74) is 6.36. The van der Waals surface area contributed by atoms with Crippen LogP contribution in [0.4, 0.5) is 0 Å². The number of likely N-dealkylation sites (tertiary alicyclic amines) is 1. The molecule has 0 bridgehead atoms. The maximum atomic E-state index is 6.19. The van der Waals surface area contributed by atoms with Crippen molar-refractivity contribution >= 4 is 0 Å². The molecule has 0 unspecified atom stereocenters. The lowest BCUT2D eigenvalue weighted by molar-refractivity contribution is -0.0105. The van der Waals surface area contributed by atoms with Crippen LogP contribution in [0.15, 0.2) is 0 Å². The molecule has 120 valence electrons. The Morgan fingerprint density at radius 2 is 1.80 bits per heavy atom. The Hall–Kier alpha value is -0.160. The van der Waals surface area contributed by atoms with E-state index in [1.54, 1.807) is 7.11 Å². The topological polar surface area (TPSA) is 41.7 Å². The molecule has 1 fully saturated rings. The summed E-state index contributed by atoms with van der Waals surface area (Å²) in [5, 5.41) is 0. The highest BCUT2D eigenvalue weighted by Gasteiger charge is 2.39. The Bertz CT molecular complexity index is 260. The zero-order valence-corrected chi connectivity index (χ0v) is 14.2. The first-order valence-corrected chi connectivity index (χ1v) is 8.13. The van der Waals surface area contributed by atoms with Gasteiger partial charge in [-0.25, -0.2) is 0 Å². The van der Waals surface area contributed by atoms with Crippen LogP contribution in [0.5, 0.6) is 0 Å². The molecular formula is C16H35N3O. The molecule has 1 rings (SSSR count). The largest absolute Gasteiger partial charge is 0.383 e. The lowest BCUT2D eigenvalue weighted by Crippen LogP contribution is -2.62. The van der Waals surface area contributed by atoms with E-state index in [2.05, 4.69) is 37.5 Å². The average molecular weight is 285 g/mol. The minimum Gasteiger partial charge on any atom is -0.383 e. The number of nitrogens with two attached hydrogens (primary N) is 1. The van der Waals surface area contributed by atoms with Gasteiger partial charge in [-0.2, -0.15) is 0 Å². The molecule has 4 nitrogen and oxygen atoms in total. The number of rotatable bonds is 8. The summed E-state index contributed by atoms with van der Waals surface area (Å²) in [7, 11) is 1.78. The Kier molecular flexibility index (Phi) is 7.45. The second-order valence-corrected chi connectivity index (χ2v) is 6.90. The molecule has 1 aliphatic rings. The van der Waals surface area contributed by atoms with Crippen LogP contribution in [0.25, 0.3) is 0 Å². The molecule has 0 aromatic heterocycles. The maximum absolute atomic E-state index is 6.19. The molecule has 4 heteroatoms. The smallest absolute Gasteiger partial charge is 0.0590 e. The number of ether oxygens (including phenoxy) is 1. The second kappa shape index (κ2) is 8.32. The van der Waals surface area contributed by atoms with Crippen LogP contribution in [0.1, 0.15) is 40.5 Å². The Morgan fingerprint density at radius 3 is 2.20 bits per heavy atom. The highest BCUT2D eigenvalue weighted by Crippen LogP contribution is 2.30. The third-order valence-electron chi connectivity index (χ3n) is 4.56. The zero-order chi connectivity index (χ0) is 15.2. The highest BCUT2D eigenvalue weighted by molar-refractivity contribution is 4.97. The number of piperidine rings is 1. The van der Waals surface area contributed by atoms with Crippen LogP contribution in [0, 0.1) is 5.92 Å². The lowest BCUT2D eigenvalue weighted by Gasteiger charge is -2.50. The van der Waals surface area contributed by atoms with Gasteiger partial charge in [-0.15, -0.1) is 0 Å². The highest BCUT2D eigenvalue weighted by atomic mass is 16.5. The van der Waals surface area contributed by atoms with E-state index in [1.807, 2.05) is 0 Å². The van der Waals surface area contributed by atoms with Gasteiger partial charge in [-0.05, 0) is 45.7 Å². The Labute approximate surface area is 125 Å². The second-order valence-electron chi connectivity index (χ2n) is 6.90.